The monoisotopic (exact) mass is 413 g/mol. The van der Waals surface area contributed by atoms with E-state index in [9.17, 15) is 13.2 Å². The number of ether oxygens (including phenoxy) is 1. The number of rotatable bonds is 6. The predicted molar refractivity (Wildman–Crippen MR) is 104 cm³/mol. The maximum Gasteiger partial charge on any atom is 0.416 e. The van der Waals surface area contributed by atoms with Crippen LogP contribution in [0.5, 0.6) is 5.75 Å². The van der Waals surface area contributed by atoms with Gasteiger partial charge in [0, 0.05) is 49.2 Å². The summed E-state index contributed by atoms with van der Waals surface area (Å²) in [4.78, 5) is 19.9. The van der Waals surface area contributed by atoms with Crippen molar-refractivity contribution < 1.29 is 17.9 Å². The van der Waals surface area contributed by atoms with Crippen LogP contribution >= 0.6 is 0 Å². The number of aromatic amines is 1. The molecule has 0 aromatic carbocycles. The van der Waals surface area contributed by atoms with Gasteiger partial charge in [-0.25, -0.2) is 15.0 Å². The van der Waals surface area contributed by atoms with Crippen LogP contribution in [0.4, 0.5) is 13.2 Å². The van der Waals surface area contributed by atoms with Gasteiger partial charge < -0.3 is 9.72 Å². The first-order valence-electron chi connectivity index (χ1n) is 9.24. The molecule has 0 saturated heterocycles. The lowest BCUT2D eigenvalue weighted by molar-refractivity contribution is -0.138. The van der Waals surface area contributed by atoms with Crippen LogP contribution in [0.3, 0.4) is 0 Å². The number of hydrogen-bond donors (Lipinski definition) is 1. The van der Waals surface area contributed by atoms with Gasteiger partial charge in [0.2, 0.25) is 0 Å². The first-order chi connectivity index (χ1) is 14.4. The van der Waals surface area contributed by atoms with E-state index >= 15 is 0 Å². The van der Waals surface area contributed by atoms with Crippen LogP contribution in [-0.4, -0.2) is 32.0 Å². The van der Waals surface area contributed by atoms with Crippen molar-refractivity contribution in [3.63, 3.8) is 0 Å². The number of aromatic nitrogens is 5. The lowest BCUT2D eigenvalue weighted by Gasteiger charge is -2.11. The van der Waals surface area contributed by atoms with Gasteiger partial charge in [0.1, 0.15) is 17.2 Å². The summed E-state index contributed by atoms with van der Waals surface area (Å²) in [7, 11) is 1.59. The van der Waals surface area contributed by atoms with Crippen molar-refractivity contribution in [3.8, 4) is 5.75 Å². The Kier molecular flexibility index (Phi) is 5.35. The number of H-pyrrole nitrogens is 1. The average Bonchev–Trinajstić information content (AvgIpc) is 3.14. The zero-order valence-corrected chi connectivity index (χ0v) is 16.1. The Bertz CT molecular complexity index is 1160. The van der Waals surface area contributed by atoms with Crippen LogP contribution < -0.4 is 4.74 Å². The van der Waals surface area contributed by atoms with E-state index in [0.29, 0.717) is 24.4 Å². The fourth-order valence-corrected chi connectivity index (χ4v) is 3.27. The Labute approximate surface area is 170 Å². The van der Waals surface area contributed by atoms with Crippen molar-refractivity contribution in [3.05, 3.63) is 77.4 Å². The van der Waals surface area contributed by atoms with Gasteiger partial charge in [-0.2, -0.15) is 13.2 Å². The van der Waals surface area contributed by atoms with E-state index < -0.39 is 11.7 Å². The molecule has 0 aliphatic carbocycles. The SMILES string of the molecule is COc1cnc2[nH]cc(Cc3cnc(CCc4cnccc4C(F)(F)F)nc3)c2c1. The van der Waals surface area contributed by atoms with Crippen molar-refractivity contribution >= 4 is 11.0 Å². The van der Waals surface area contributed by atoms with E-state index in [1.165, 1.54) is 6.20 Å². The molecule has 0 atom stereocenters. The van der Waals surface area contributed by atoms with Gasteiger partial charge in [0.05, 0.1) is 18.9 Å². The molecule has 0 spiro atoms. The maximum absolute atomic E-state index is 13.1. The second kappa shape index (κ2) is 8.10. The third kappa shape index (κ3) is 4.24. The van der Waals surface area contributed by atoms with Crippen LogP contribution in [0.1, 0.15) is 28.1 Å². The smallest absolute Gasteiger partial charge is 0.416 e. The van der Waals surface area contributed by atoms with Gasteiger partial charge in [-0.05, 0) is 35.2 Å². The number of pyridine rings is 2. The molecular formula is C21H18F3N5O. The van der Waals surface area contributed by atoms with Gasteiger partial charge in [-0.3, -0.25) is 4.98 Å². The Balaban J connectivity index is 1.46. The van der Waals surface area contributed by atoms with E-state index in [1.807, 2.05) is 12.3 Å². The highest BCUT2D eigenvalue weighted by atomic mass is 19.4. The molecule has 0 aliphatic heterocycles. The Morgan fingerprint density at radius 3 is 2.53 bits per heavy atom. The molecule has 1 N–H and O–H groups in total. The number of fused-ring (bicyclic) bond motifs is 1. The molecule has 154 valence electrons. The fraction of sp³-hybridized carbons (Fsp3) is 0.238. The summed E-state index contributed by atoms with van der Waals surface area (Å²) >= 11 is 0. The molecule has 0 bridgehead atoms. The van der Waals surface area contributed by atoms with E-state index in [1.54, 1.807) is 25.7 Å². The summed E-state index contributed by atoms with van der Waals surface area (Å²) in [5, 5.41) is 0.953. The molecule has 4 aromatic rings. The van der Waals surface area contributed by atoms with Crippen molar-refractivity contribution in [2.45, 2.75) is 25.4 Å². The average molecular weight is 413 g/mol. The molecule has 0 amide bonds. The first kappa shape index (κ1) is 19.8. The van der Waals surface area contributed by atoms with Gasteiger partial charge in [-0.15, -0.1) is 0 Å². The molecular weight excluding hydrogens is 395 g/mol. The van der Waals surface area contributed by atoms with E-state index in [2.05, 4.69) is 24.9 Å². The van der Waals surface area contributed by atoms with E-state index in [-0.39, 0.29) is 12.0 Å². The first-order valence-corrected chi connectivity index (χ1v) is 9.24. The molecule has 0 radical (unpaired) electrons. The van der Waals surface area contributed by atoms with Crippen molar-refractivity contribution in [1.29, 1.82) is 0 Å². The number of nitrogens with one attached hydrogen (secondary N) is 1. The molecule has 0 fully saturated rings. The van der Waals surface area contributed by atoms with Gasteiger partial charge in [-0.1, -0.05) is 0 Å². The van der Waals surface area contributed by atoms with Crippen molar-refractivity contribution in [2.75, 3.05) is 7.11 Å². The third-order valence-electron chi connectivity index (χ3n) is 4.81. The Hall–Kier alpha value is -3.49. The van der Waals surface area contributed by atoms with Gasteiger partial charge in [0.25, 0.3) is 0 Å². The molecule has 30 heavy (non-hydrogen) atoms. The van der Waals surface area contributed by atoms with Crippen LogP contribution in [0.25, 0.3) is 11.0 Å². The summed E-state index contributed by atoms with van der Waals surface area (Å²) in [5.41, 5.74) is 2.15. The minimum absolute atomic E-state index is 0.137. The van der Waals surface area contributed by atoms with Crippen LogP contribution in [0.15, 0.2) is 49.3 Å². The minimum atomic E-state index is -4.40. The normalized spacial score (nSPS) is 11.7. The van der Waals surface area contributed by atoms with E-state index in [0.717, 1.165) is 34.4 Å². The summed E-state index contributed by atoms with van der Waals surface area (Å²) in [5.74, 6) is 1.15. The van der Waals surface area contributed by atoms with E-state index in [4.69, 9.17) is 4.74 Å². The second-order valence-corrected chi connectivity index (χ2v) is 6.80. The van der Waals surface area contributed by atoms with Crippen LogP contribution in [-0.2, 0) is 25.4 Å². The van der Waals surface area contributed by atoms with Crippen molar-refractivity contribution in [1.82, 2.24) is 24.9 Å². The Morgan fingerprint density at radius 1 is 1.00 bits per heavy atom. The number of alkyl halides is 3. The molecule has 0 saturated carbocycles. The maximum atomic E-state index is 13.1. The number of halogens is 3. The largest absolute Gasteiger partial charge is 0.495 e. The summed E-state index contributed by atoms with van der Waals surface area (Å²) in [6.07, 6.45) is 5.96. The van der Waals surface area contributed by atoms with Crippen LogP contribution in [0, 0.1) is 0 Å². The quantitative estimate of drug-likeness (QED) is 0.514. The highest BCUT2D eigenvalue weighted by Crippen LogP contribution is 2.31. The minimum Gasteiger partial charge on any atom is -0.495 e. The summed E-state index contributed by atoms with van der Waals surface area (Å²) < 4.78 is 44.5. The molecule has 4 rings (SSSR count). The fourth-order valence-electron chi connectivity index (χ4n) is 3.27. The summed E-state index contributed by atoms with van der Waals surface area (Å²) in [6.45, 7) is 0. The highest BCUT2D eigenvalue weighted by Gasteiger charge is 2.33. The summed E-state index contributed by atoms with van der Waals surface area (Å²) in [6, 6.07) is 2.90. The zero-order chi connectivity index (χ0) is 21.1. The Morgan fingerprint density at radius 2 is 1.80 bits per heavy atom. The van der Waals surface area contributed by atoms with Crippen LogP contribution in [0.2, 0.25) is 0 Å². The number of hydrogen-bond acceptors (Lipinski definition) is 5. The lowest BCUT2D eigenvalue weighted by Crippen LogP contribution is -2.10. The molecule has 0 aliphatic rings. The number of aryl methyl sites for hydroxylation is 2. The van der Waals surface area contributed by atoms with Gasteiger partial charge >= 0.3 is 6.18 Å². The predicted octanol–water partition coefficient (Wildman–Crippen LogP) is 4.15. The number of methoxy groups -OCH3 is 1. The number of nitrogens with zero attached hydrogens (tertiary/aromatic N) is 4. The van der Waals surface area contributed by atoms with Gasteiger partial charge in [0.15, 0.2) is 0 Å². The molecule has 6 nitrogen and oxygen atoms in total. The highest BCUT2D eigenvalue weighted by molar-refractivity contribution is 5.81. The molecule has 4 aromatic heterocycles. The topological polar surface area (TPSA) is 76.6 Å². The van der Waals surface area contributed by atoms with Crippen molar-refractivity contribution in [2.24, 2.45) is 0 Å². The molecule has 0 unspecified atom stereocenters. The molecule has 4 heterocycles. The second-order valence-electron chi connectivity index (χ2n) is 6.80. The lowest BCUT2D eigenvalue weighted by atomic mass is 10.0. The standard InChI is InChI=1S/C21H18F3N5O/c1-30-16-7-17-15(11-28-20(17)29-12-16)6-13-8-26-19(27-9-13)3-2-14-10-25-5-4-18(14)21(22,23)24/h4-5,7-12H,2-3,6H2,1H3,(H,28,29). The third-order valence-corrected chi connectivity index (χ3v) is 4.81. The zero-order valence-electron chi connectivity index (χ0n) is 16.1. The molecule has 9 heteroatoms.